The van der Waals surface area contributed by atoms with E-state index in [-0.39, 0.29) is 6.04 Å². The van der Waals surface area contributed by atoms with Crippen LogP contribution in [-0.4, -0.2) is 35.3 Å². The molecular formula is C13H26ClN5. The highest BCUT2D eigenvalue weighted by molar-refractivity contribution is 6.31. The lowest BCUT2D eigenvalue weighted by molar-refractivity contribution is 0.348. The van der Waals surface area contributed by atoms with Crippen LogP contribution in [0.5, 0.6) is 0 Å². The van der Waals surface area contributed by atoms with Crippen molar-refractivity contribution in [1.29, 1.82) is 0 Å². The molecule has 0 spiro atoms. The van der Waals surface area contributed by atoms with Crippen molar-refractivity contribution in [3.05, 3.63) is 16.9 Å². The molecule has 3 N–H and O–H groups in total. The molecule has 0 bridgehead atoms. The van der Waals surface area contributed by atoms with Gasteiger partial charge < -0.3 is 4.90 Å². The molecule has 0 aliphatic rings. The summed E-state index contributed by atoms with van der Waals surface area (Å²) in [6.45, 7) is 6.14. The highest BCUT2D eigenvalue weighted by Crippen LogP contribution is 2.28. The number of nitrogens with zero attached hydrogens (tertiary/aromatic N) is 3. The van der Waals surface area contributed by atoms with Gasteiger partial charge in [-0.2, -0.15) is 5.10 Å². The van der Waals surface area contributed by atoms with Crippen LogP contribution >= 0.6 is 11.6 Å². The molecule has 6 heteroatoms. The molecule has 5 nitrogen and oxygen atoms in total. The van der Waals surface area contributed by atoms with Gasteiger partial charge in [-0.1, -0.05) is 31.9 Å². The summed E-state index contributed by atoms with van der Waals surface area (Å²) in [6, 6.07) is 0.0483. The Balaban J connectivity index is 2.86. The van der Waals surface area contributed by atoms with Gasteiger partial charge in [-0.05, 0) is 26.4 Å². The van der Waals surface area contributed by atoms with Gasteiger partial charge >= 0.3 is 0 Å². The first-order chi connectivity index (χ1) is 8.99. The summed E-state index contributed by atoms with van der Waals surface area (Å²) in [4.78, 5) is 2.12. The number of hydrogen-bond acceptors (Lipinski definition) is 4. The van der Waals surface area contributed by atoms with E-state index in [2.05, 4.69) is 29.3 Å². The Bertz CT molecular complexity index is 377. The minimum Gasteiger partial charge on any atom is -0.308 e. The number of likely N-dealkylation sites (N-methyl/N-ethyl adjacent to an activating group) is 1. The van der Waals surface area contributed by atoms with E-state index in [9.17, 15) is 0 Å². The van der Waals surface area contributed by atoms with Crippen LogP contribution in [0.25, 0.3) is 0 Å². The molecule has 0 saturated carbocycles. The largest absolute Gasteiger partial charge is 0.308 e. The summed E-state index contributed by atoms with van der Waals surface area (Å²) in [5.74, 6) is 6.29. The first kappa shape index (κ1) is 16.4. The third-order valence-corrected chi connectivity index (χ3v) is 3.75. The molecule has 0 radical (unpaired) electrons. The Morgan fingerprint density at radius 1 is 1.53 bits per heavy atom. The fourth-order valence-corrected chi connectivity index (χ4v) is 2.29. The lowest BCUT2D eigenvalue weighted by Gasteiger charge is -2.22. The number of nitrogens with one attached hydrogen (secondary N) is 1. The van der Waals surface area contributed by atoms with Gasteiger partial charge in [-0.25, -0.2) is 0 Å². The maximum absolute atomic E-state index is 6.27. The van der Waals surface area contributed by atoms with Crippen LogP contribution in [0.15, 0.2) is 6.20 Å². The van der Waals surface area contributed by atoms with Gasteiger partial charge in [0.2, 0.25) is 0 Å². The predicted octanol–water partition coefficient (Wildman–Crippen LogP) is 2.04. The zero-order valence-corrected chi connectivity index (χ0v) is 13.1. The molecule has 0 saturated heterocycles. The first-order valence-electron chi connectivity index (χ1n) is 6.81. The molecule has 2 atom stereocenters. The average molecular weight is 288 g/mol. The second-order valence-electron chi connectivity index (χ2n) is 5.37. The molecule has 0 aromatic carbocycles. The van der Waals surface area contributed by atoms with Gasteiger partial charge in [0.05, 0.1) is 29.5 Å². The van der Waals surface area contributed by atoms with Crippen molar-refractivity contribution in [2.24, 2.45) is 11.8 Å². The lowest BCUT2D eigenvalue weighted by atomic mass is 9.97. The molecule has 0 aliphatic heterocycles. The molecule has 0 aliphatic carbocycles. The minimum absolute atomic E-state index is 0.0483. The molecule has 0 fully saturated rings. The maximum atomic E-state index is 6.27. The van der Waals surface area contributed by atoms with Crippen molar-refractivity contribution >= 4 is 11.6 Å². The Morgan fingerprint density at radius 3 is 2.74 bits per heavy atom. The van der Waals surface area contributed by atoms with Crippen LogP contribution in [0.4, 0.5) is 0 Å². The molecule has 0 amide bonds. The second-order valence-corrected chi connectivity index (χ2v) is 5.78. The zero-order valence-electron chi connectivity index (χ0n) is 12.4. The van der Waals surface area contributed by atoms with Crippen LogP contribution in [-0.2, 0) is 6.54 Å². The van der Waals surface area contributed by atoms with Gasteiger partial charge in [-0.3, -0.25) is 16.0 Å². The minimum atomic E-state index is 0.0483. The number of rotatable bonds is 8. The van der Waals surface area contributed by atoms with Crippen LogP contribution in [0.3, 0.4) is 0 Å². The molecule has 110 valence electrons. The van der Waals surface area contributed by atoms with Crippen LogP contribution in [0.2, 0.25) is 5.02 Å². The molecule has 1 aromatic rings. The van der Waals surface area contributed by atoms with Crippen molar-refractivity contribution in [3.63, 3.8) is 0 Å². The average Bonchev–Trinajstić information content (AvgIpc) is 2.74. The fraction of sp³-hybridized carbons (Fsp3) is 0.769. The van der Waals surface area contributed by atoms with Crippen molar-refractivity contribution in [2.45, 2.75) is 39.3 Å². The first-order valence-corrected chi connectivity index (χ1v) is 7.19. The summed E-state index contributed by atoms with van der Waals surface area (Å²) in [5, 5.41) is 5.04. The van der Waals surface area contributed by atoms with Gasteiger partial charge in [0.15, 0.2) is 0 Å². The smallest absolute Gasteiger partial charge is 0.0834 e. The van der Waals surface area contributed by atoms with Gasteiger partial charge in [0.25, 0.3) is 0 Å². The number of nitrogens with two attached hydrogens (primary N) is 1. The van der Waals surface area contributed by atoms with Crippen molar-refractivity contribution in [3.8, 4) is 0 Å². The number of halogens is 1. The lowest BCUT2D eigenvalue weighted by Crippen LogP contribution is -2.32. The number of aromatic nitrogens is 2. The van der Waals surface area contributed by atoms with E-state index in [4.69, 9.17) is 17.4 Å². The Morgan fingerprint density at radius 2 is 2.21 bits per heavy atom. The summed E-state index contributed by atoms with van der Waals surface area (Å²) in [7, 11) is 4.09. The zero-order chi connectivity index (χ0) is 14.4. The quantitative estimate of drug-likeness (QED) is 0.567. The van der Waals surface area contributed by atoms with E-state index in [0.29, 0.717) is 10.9 Å². The predicted molar refractivity (Wildman–Crippen MR) is 79.9 cm³/mol. The van der Waals surface area contributed by atoms with Crippen molar-refractivity contribution < 1.29 is 0 Å². The molecule has 1 aromatic heterocycles. The monoisotopic (exact) mass is 287 g/mol. The third kappa shape index (κ3) is 4.76. The fourth-order valence-electron chi connectivity index (χ4n) is 2.02. The molecular weight excluding hydrogens is 262 g/mol. The maximum Gasteiger partial charge on any atom is 0.0834 e. The molecule has 2 unspecified atom stereocenters. The van der Waals surface area contributed by atoms with Gasteiger partial charge in [0, 0.05) is 6.54 Å². The van der Waals surface area contributed by atoms with E-state index < -0.39 is 0 Å². The van der Waals surface area contributed by atoms with E-state index in [1.54, 1.807) is 6.20 Å². The van der Waals surface area contributed by atoms with Crippen LogP contribution in [0.1, 0.15) is 38.4 Å². The summed E-state index contributed by atoms with van der Waals surface area (Å²) in [6.07, 6.45) is 3.79. The Kier molecular flexibility index (Phi) is 6.79. The van der Waals surface area contributed by atoms with E-state index in [1.165, 1.54) is 0 Å². The Hall–Kier alpha value is -0.620. The summed E-state index contributed by atoms with van der Waals surface area (Å²) < 4.78 is 1.95. The van der Waals surface area contributed by atoms with Crippen molar-refractivity contribution in [1.82, 2.24) is 20.1 Å². The SMILES string of the molecule is CCC(C)CC(NN)c1c(Cl)cnn1CCN(C)C. The molecule has 1 rings (SSSR count). The van der Waals surface area contributed by atoms with E-state index in [1.807, 2.05) is 18.8 Å². The highest BCUT2D eigenvalue weighted by Gasteiger charge is 2.21. The Labute approximate surface area is 121 Å². The standard InChI is InChI=1S/C13H26ClN5/c1-5-10(2)8-12(17-15)13-11(14)9-16-19(13)7-6-18(3)4/h9-10,12,17H,5-8,15H2,1-4H3. The summed E-state index contributed by atoms with van der Waals surface area (Å²) >= 11 is 6.27. The van der Waals surface area contributed by atoms with Crippen molar-refractivity contribution in [2.75, 3.05) is 20.6 Å². The van der Waals surface area contributed by atoms with E-state index >= 15 is 0 Å². The van der Waals surface area contributed by atoms with Crippen LogP contribution in [0, 0.1) is 5.92 Å². The normalized spacial score (nSPS) is 14.9. The van der Waals surface area contributed by atoms with Gasteiger partial charge in [0.1, 0.15) is 0 Å². The summed E-state index contributed by atoms with van der Waals surface area (Å²) in [5.41, 5.74) is 3.87. The third-order valence-electron chi connectivity index (χ3n) is 3.46. The topological polar surface area (TPSA) is 59.1 Å². The number of hydrazine groups is 1. The van der Waals surface area contributed by atoms with Gasteiger partial charge in [-0.15, -0.1) is 0 Å². The highest BCUT2D eigenvalue weighted by atomic mass is 35.5. The molecule has 1 heterocycles. The van der Waals surface area contributed by atoms with E-state index in [0.717, 1.165) is 31.6 Å². The second kappa shape index (κ2) is 7.85. The number of hydrogen-bond donors (Lipinski definition) is 2. The van der Waals surface area contributed by atoms with Crippen LogP contribution < -0.4 is 11.3 Å². The molecule has 19 heavy (non-hydrogen) atoms.